The summed E-state index contributed by atoms with van der Waals surface area (Å²) in [6.45, 7) is 2.73. The Kier molecular flexibility index (Phi) is 4.44. The van der Waals surface area contributed by atoms with Crippen molar-refractivity contribution in [2.75, 3.05) is 13.6 Å². The molecular weight excluding hydrogens is 247 g/mol. The molecule has 0 aliphatic carbocycles. The van der Waals surface area contributed by atoms with E-state index in [1.54, 1.807) is 17.4 Å². The van der Waals surface area contributed by atoms with Crippen molar-refractivity contribution in [3.8, 4) is 0 Å². The molecule has 0 fully saturated rings. The van der Waals surface area contributed by atoms with E-state index in [1.165, 1.54) is 6.07 Å². The quantitative estimate of drug-likeness (QED) is 0.897. The Morgan fingerprint density at radius 3 is 2.78 bits per heavy atom. The summed E-state index contributed by atoms with van der Waals surface area (Å²) in [6.07, 6.45) is 0.778. The van der Waals surface area contributed by atoms with Crippen LogP contribution in [0.3, 0.4) is 0 Å². The van der Waals surface area contributed by atoms with Gasteiger partial charge in [-0.3, -0.25) is 0 Å². The van der Waals surface area contributed by atoms with Crippen LogP contribution in [0.15, 0.2) is 29.6 Å². The smallest absolute Gasteiger partial charge is 0.126 e. The normalized spacial score (nSPS) is 12.6. The summed E-state index contributed by atoms with van der Waals surface area (Å²) < 4.78 is 13.8. The van der Waals surface area contributed by atoms with Gasteiger partial charge in [0.25, 0.3) is 0 Å². The largest absolute Gasteiger partial charge is 0.319 e. The zero-order chi connectivity index (χ0) is 13.0. The lowest BCUT2D eigenvalue weighted by Gasteiger charge is -2.16. The molecule has 18 heavy (non-hydrogen) atoms. The summed E-state index contributed by atoms with van der Waals surface area (Å²) in [5, 5.41) is 6.23. The first-order valence-electron chi connectivity index (χ1n) is 6.00. The molecule has 0 saturated heterocycles. The predicted molar refractivity (Wildman–Crippen MR) is 73.6 cm³/mol. The maximum atomic E-state index is 13.8. The zero-order valence-electron chi connectivity index (χ0n) is 10.6. The second-order valence-corrected chi connectivity index (χ2v) is 5.31. The van der Waals surface area contributed by atoms with Crippen LogP contribution in [0.25, 0.3) is 0 Å². The van der Waals surface area contributed by atoms with Gasteiger partial charge in [0.1, 0.15) is 5.82 Å². The van der Waals surface area contributed by atoms with Gasteiger partial charge in [0.05, 0.1) is 5.01 Å². The van der Waals surface area contributed by atoms with Crippen molar-refractivity contribution in [3.05, 3.63) is 51.7 Å². The minimum Gasteiger partial charge on any atom is -0.319 e. The van der Waals surface area contributed by atoms with E-state index in [4.69, 9.17) is 0 Å². The van der Waals surface area contributed by atoms with E-state index in [0.29, 0.717) is 0 Å². The lowest BCUT2D eigenvalue weighted by molar-refractivity contribution is 0.555. The Labute approximate surface area is 111 Å². The average molecular weight is 264 g/mol. The molecule has 0 saturated carbocycles. The molecule has 0 bridgehead atoms. The Bertz CT molecular complexity index is 510. The molecule has 1 aromatic heterocycles. The molecule has 0 amide bonds. The van der Waals surface area contributed by atoms with Crippen LogP contribution < -0.4 is 5.32 Å². The van der Waals surface area contributed by atoms with Crippen molar-refractivity contribution in [1.82, 2.24) is 10.3 Å². The molecule has 1 N–H and O–H groups in total. The van der Waals surface area contributed by atoms with E-state index in [9.17, 15) is 4.39 Å². The maximum absolute atomic E-state index is 13.8. The highest BCUT2D eigenvalue weighted by molar-refractivity contribution is 7.09. The molecule has 1 aromatic carbocycles. The lowest BCUT2D eigenvalue weighted by Crippen LogP contribution is -2.20. The molecule has 4 heteroatoms. The third-order valence-corrected chi connectivity index (χ3v) is 3.87. The molecule has 2 aromatic rings. The van der Waals surface area contributed by atoms with Gasteiger partial charge < -0.3 is 5.32 Å². The van der Waals surface area contributed by atoms with Crippen molar-refractivity contribution in [2.24, 2.45) is 0 Å². The van der Waals surface area contributed by atoms with Gasteiger partial charge in [0.2, 0.25) is 0 Å². The zero-order valence-corrected chi connectivity index (χ0v) is 11.4. The number of likely N-dealkylation sites (N-methyl/N-ethyl adjacent to an activating group) is 1. The summed E-state index contributed by atoms with van der Waals surface area (Å²) in [5.41, 5.74) is 1.80. The van der Waals surface area contributed by atoms with E-state index in [-0.39, 0.29) is 11.7 Å². The molecule has 2 nitrogen and oxygen atoms in total. The SMILES string of the molecule is CNCC(Cc1nc(C)cs1)c1ccccc1F. The number of aromatic nitrogens is 1. The van der Waals surface area contributed by atoms with Crippen LogP contribution in [0, 0.1) is 12.7 Å². The molecule has 0 radical (unpaired) electrons. The van der Waals surface area contributed by atoms with E-state index < -0.39 is 0 Å². The van der Waals surface area contributed by atoms with Crippen LogP contribution in [0.1, 0.15) is 22.2 Å². The third-order valence-electron chi connectivity index (χ3n) is 2.88. The summed E-state index contributed by atoms with van der Waals surface area (Å²) in [7, 11) is 1.89. The number of halogens is 1. The Morgan fingerprint density at radius 2 is 2.17 bits per heavy atom. The number of aryl methyl sites for hydroxylation is 1. The van der Waals surface area contributed by atoms with Crippen LogP contribution in [0.5, 0.6) is 0 Å². The summed E-state index contributed by atoms with van der Waals surface area (Å²) >= 11 is 1.64. The first-order chi connectivity index (χ1) is 8.70. The topological polar surface area (TPSA) is 24.9 Å². The van der Waals surface area contributed by atoms with Crippen molar-refractivity contribution in [2.45, 2.75) is 19.3 Å². The summed E-state index contributed by atoms with van der Waals surface area (Å²) in [4.78, 5) is 4.46. The number of hydrogen-bond acceptors (Lipinski definition) is 3. The van der Waals surface area contributed by atoms with Gasteiger partial charge in [-0.05, 0) is 25.6 Å². The van der Waals surface area contributed by atoms with Crippen molar-refractivity contribution < 1.29 is 4.39 Å². The van der Waals surface area contributed by atoms with Gasteiger partial charge >= 0.3 is 0 Å². The average Bonchev–Trinajstić information content (AvgIpc) is 2.75. The van der Waals surface area contributed by atoms with E-state index in [1.807, 2.05) is 31.5 Å². The molecule has 96 valence electrons. The fraction of sp³-hybridized carbons (Fsp3) is 0.357. The Morgan fingerprint density at radius 1 is 1.39 bits per heavy atom. The molecule has 1 heterocycles. The van der Waals surface area contributed by atoms with Crippen molar-refractivity contribution in [3.63, 3.8) is 0 Å². The van der Waals surface area contributed by atoms with Crippen molar-refractivity contribution in [1.29, 1.82) is 0 Å². The van der Waals surface area contributed by atoms with Crippen LogP contribution in [-0.4, -0.2) is 18.6 Å². The highest BCUT2D eigenvalue weighted by Gasteiger charge is 2.16. The summed E-state index contributed by atoms with van der Waals surface area (Å²) in [5.74, 6) is -0.00669. The van der Waals surface area contributed by atoms with Crippen LogP contribution in [0.4, 0.5) is 4.39 Å². The molecular formula is C14H17FN2S. The number of rotatable bonds is 5. The van der Waals surface area contributed by atoms with E-state index in [0.717, 1.165) is 29.2 Å². The first kappa shape index (κ1) is 13.2. The second-order valence-electron chi connectivity index (χ2n) is 4.36. The number of nitrogens with zero attached hydrogens (tertiary/aromatic N) is 1. The van der Waals surface area contributed by atoms with Gasteiger partial charge in [0.15, 0.2) is 0 Å². The second kappa shape index (κ2) is 6.07. The minimum absolute atomic E-state index is 0.127. The number of thiazole rings is 1. The highest BCUT2D eigenvalue weighted by atomic mass is 32.1. The minimum atomic E-state index is -0.133. The van der Waals surface area contributed by atoms with Crippen LogP contribution >= 0.6 is 11.3 Å². The molecule has 1 atom stereocenters. The van der Waals surface area contributed by atoms with Gasteiger partial charge in [-0.25, -0.2) is 9.37 Å². The summed E-state index contributed by atoms with van der Waals surface area (Å²) in [6, 6.07) is 6.99. The predicted octanol–water partition coefficient (Wildman–Crippen LogP) is 3.14. The number of nitrogens with one attached hydrogen (secondary N) is 1. The van der Waals surface area contributed by atoms with Gasteiger partial charge in [0, 0.05) is 30.0 Å². The Balaban J connectivity index is 2.20. The van der Waals surface area contributed by atoms with E-state index in [2.05, 4.69) is 10.3 Å². The maximum Gasteiger partial charge on any atom is 0.126 e. The molecule has 1 unspecified atom stereocenters. The van der Waals surface area contributed by atoms with Crippen molar-refractivity contribution >= 4 is 11.3 Å². The standard InChI is InChI=1S/C14H17FN2S/c1-10-9-18-14(17-10)7-11(8-16-2)12-5-3-4-6-13(12)15/h3-6,9,11,16H,7-8H2,1-2H3. The highest BCUT2D eigenvalue weighted by Crippen LogP contribution is 2.24. The van der Waals surface area contributed by atoms with Crippen LogP contribution in [0.2, 0.25) is 0 Å². The van der Waals surface area contributed by atoms with Crippen LogP contribution in [-0.2, 0) is 6.42 Å². The number of benzene rings is 1. The Hall–Kier alpha value is -1.26. The fourth-order valence-corrected chi connectivity index (χ4v) is 2.91. The first-order valence-corrected chi connectivity index (χ1v) is 6.88. The van der Waals surface area contributed by atoms with Gasteiger partial charge in [-0.15, -0.1) is 11.3 Å². The van der Waals surface area contributed by atoms with Gasteiger partial charge in [-0.2, -0.15) is 0 Å². The monoisotopic (exact) mass is 264 g/mol. The number of hydrogen-bond donors (Lipinski definition) is 1. The molecule has 2 rings (SSSR count). The molecule has 0 aliphatic rings. The lowest BCUT2D eigenvalue weighted by atomic mass is 9.95. The molecule has 0 spiro atoms. The third kappa shape index (κ3) is 3.15. The van der Waals surface area contributed by atoms with Gasteiger partial charge in [-0.1, -0.05) is 18.2 Å². The molecule has 0 aliphatic heterocycles. The fourth-order valence-electron chi connectivity index (χ4n) is 2.05. The van der Waals surface area contributed by atoms with E-state index >= 15 is 0 Å².